The summed E-state index contributed by atoms with van der Waals surface area (Å²) < 4.78 is 5.58. The van der Waals surface area contributed by atoms with Gasteiger partial charge in [0, 0.05) is 25.9 Å². The lowest BCUT2D eigenvalue weighted by Crippen LogP contribution is -2.47. The van der Waals surface area contributed by atoms with Crippen molar-refractivity contribution in [3.05, 3.63) is 29.8 Å². The van der Waals surface area contributed by atoms with E-state index in [0.29, 0.717) is 5.56 Å². The van der Waals surface area contributed by atoms with Crippen LogP contribution in [0.2, 0.25) is 0 Å². The van der Waals surface area contributed by atoms with Crippen molar-refractivity contribution in [2.45, 2.75) is 25.4 Å². The Morgan fingerprint density at radius 3 is 3.00 bits per heavy atom. The number of nitriles is 1. The fourth-order valence-corrected chi connectivity index (χ4v) is 2.36. The van der Waals surface area contributed by atoms with E-state index in [9.17, 15) is 0 Å². The van der Waals surface area contributed by atoms with Crippen molar-refractivity contribution in [2.24, 2.45) is 0 Å². The van der Waals surface area contributed by atoms with Gasteiger partial charge in [0.05, 0.1) is 17.2 Å². The predicted molar refractivity (Wildman–Crippen MR) is 68.0 cm³/mol. The number of piperidine rings is 1. The zero-order valence-electron chi connectivity index (χ0n) is 10.4. The summed E-state index contributed by atoms with van der Waals surface area (Å²) in [4.78, 5) is 2.30. The number of benzene rings is 1. The highest BCUT2D eigenvalue weighted by Crippen LogP contribution is 2.28. The van der Waals surface area contributed by atoms with Gasteiger partial charge in [0.15, 0.2) is 0 Å². The number of methoxy groups -OCH3 is 1. The van der Waals surface area contributed by atoms with E-state index in [1.807, 2.05) is 18.2 Å². The van der Waals surface area contributed by atoms with Crippen molar-refractivity contribution in [3.8, 4) is 6.07 Å². The molecule has 0 aliphatic carbocycles. The van der Waals surface area contributed by atoms with E-state index in [4.69, 9.17) is 10.00 Å². The van der Waals surface area contributed by atoms with Crippen LogP contribution < -0.4 is 4.90 Å². The van der Waals surface area contributed by atoms with Crippen molar-refractivity contribution >= 4 is 5.69 Å². The summed E-state index contributed by atoms with van der Waals surface area (Å²) in [6, 6.07) is 9.96. The minimum Gasteiger partial charge on any atom is -0.377 e. The first kappa shape index (κ1) is 11.9. The summed E-state index contributed by atoms with van der Waals surface area (Å²) in [5.74, 6) is 0. The van der Waals surface area contributed by atoms with Gasteiger partial charge in [-0.25, -0.2) is 0 Å². The predicted octanol–water partition coefficient (Wildman–Crippen LogP) is 2.56. The van der Waals surface area contributed by atoms with Gasteiger partial charge in [0.1, 0.15) is 0 Å². The van der Waals surface area contributed by atoms with Crippen LogP contribution >= 0.6 is 0 Å². The maximum absolute atomic E-state index is 8.92. The van der Waals surface area contributed by atoms with Crippen molar-refractivity contribution in [2.75, 3.05) is 25.1 Å². The van der Waals surface area contributed by atoms with Crippen LogP contribution in [-0.4, -0.2) is 25.8 Å². The molecule has 2 rings (SSSR count). The number of ether oxygens (including phenoxy) is 1. The lowest BCUT2D eigenvalue weighted by atomic mass is 9.94. The highest BCUT2D eigenvalue weighted by molar-refractivity contribution is 5.52. The van der Waals surface area contributed by atoms with E-state index in [1.54, 1.807) is 7.11 Å². The number of anilines is 1. The maximum Gasteiger partial charge on any atom is 0.0992 e. The van der Waals surface area contributed by atoms with Gasteiger partial charge >= 0.3 is 0 Å². The molecule has 1 aliphatic heterocycles. The molecule has 0 N–H and O–H groups in total. The summed E-state index contributed by atoms with van der Waals surface area (Å²) in [6.45, 7) is 4.07. The number of hydrogen-bond donors (Lipinski definition) is 0. The van der Waals surface area contributed by atoms with Gasteiger partial charge in [0.2, 0.25) is 0 Å². The van der Waals surface area contributed by atoms with Gasteiger partial charge in [-0.05, 0) is 38.0 Å². The van der Waals surface area contributed by atoms with Gasteiger partial charge < -0.3 is 9.64 Å². The SMILES string of the molecule is COC1(C)CCCN(c2cccc(C#N)c2)C1. The summed E-state index contributed by atoms with van der Waals surface area (Å²) >= 11 is 0. The van der Waals surface area contributed by atoms with Gasteiger partial charge in [-0.2, -0.15) is 5.26 Å². The molecule has 17 heavy (non-hydrogen) atoms. The molecule has 1 aliphatic rings. The first-order chi connectivity index (χ1) is 8.17. The van der Waals surface area contributed by atoms with Crippen molar-refractivity contribution in [1.82, 2.24) is 0 Å². The third-order valence-electron chi connectivity index (χ3n) is 3.49. The molecule has 0 radical (unpaired) electrons. The third-order valence-corrected chi connectivity index (χ3v) is 3.49. The van der Waals surface area contributed by atoms with E-state index in [2.05, 4.69) is 24.0 Å². The van der Waals surface area contributed by atoms with Crippen molar-refractivity contribution < 1.29 is 4.74 Å². The Labute approximate surface area is 103 Å². The first-order valence-electron chi connectivity index (χ1n) is 5.97. The van der Waals surface area contributed by atoms with Crippen LogP contribution in [0, 0.1) is 11.3 Å². The highest BCUT2D eigenvalue weighted by atomic mass is 16.5. The summed E-state index contributed by atoms with van der Waals surface area (Å²) in [7, 11) is 1.77. The van der Waals surface area contributed by atoms with Crippen LogP contribution in [0.5, 0.6) is 0 Å². The minimum atomic E-state index is -0.0686. The van der Waals surface area contributed by atoms with Gasteiger partial charge in [-0.1, -0.05) is 6.07 Å². The van der Waals surface area contributed by atoms with Crippen LogP contribution in [0.3, 0.4) is 0 Å². The van der Waals surface area contributed by atoms with Crippen LogP contribution in [0.25, 0.3) is 0 Å². The van der Waals surface area contributed by atoms with E-state index in [-0.39, 0.29) is 5.60 Å². The molecule has 1 aromatic carbocycles. The molecule has 1 heterocycles. The second-order valence-corrected chi connectivity index (χ2v) is 4.84. The average molecular weight is 230 g/mol. The van der Waals surface area contributed by atoms with Crippen molar-refractivity contribution in [3.63, 3.8) is 0 Å². The second-order valence-electron chi connectivity index (χ2n) is 4.84. The van der Waals surface area contributed by atoms with E-state index in [1.165, 1.54) is 0 Å². The molecule has 0 amide bonds. The molecule has 1 unspecified atom stereocenters. The number of rotatable bonds is 2. The zero-order valence-corrected chi connectivity index (χ0v) is 10.4. The zero-order chi connectivity index (χ0) is 12.3. The second kappa shape index (κ2) is 4.77. The fraction of sp³-hybridized carbons (Fsp3) is 0.500. The molecule has 1 aromatic rings. The van der Waals surface area contributed by atoms with E-state index < -0.39 is 0 Å². The quantitative estimate of drug-likeness (QED) is 0.783. The molecule has 0 spiro atoms. The van der Waals surface area contributed by atoms with Crippen LogP contribution in [-0.2, 0) is 4.74 Å². The summed E-state index contributed by atoms with van der Waals surface area (Å²) in [5, 5.41) is 8.92. The Balaban J connectivity index is 2.19. The smallest absolute Gasteiger partial charge is 0.0992 e. The molecular formula is C14H18N2O. The van der Waals surface area contributed by atoms with Gasteiger partial charge in [0.25, 0.3) is 0 Å². The summed E-state index contributed by atoms with van der Waals surface area (Å²) in [5.41, 5.74) is 1.76. The normalized spacial score (nSPS) is 24.4. The lowest BCUT2D eigenvalue weighted by Gasteiger charge is -2.40. The third kappa shape index (κ3) is 2.59. The average Bonchev–Trinajstić information content (AvgIpc) is 2.39. The first-order valence-corrected chi connectivity index (χ1v) is 5.97. The van der Waals surface area contributed by atoms with E-state index >= 15 is 0 Å². The molecule has 3 heteroatoms. The molecule has 90 valence electrons. The van der Waals surface area contributed by atoms with Crippen molar-refractivity contribution in [1.29, 1.82) is 5.26 Å². The molecular weight excluding hydrogens is 212 g/mol. The van der Waals surface area contributed by atoms with Gasteiger partial charge in [-0.3, -0.25) is 0 Å². The topological polar surface area (TPSA) is 36.3 Å². The molecule has 0 aromatic heterocycles. The monoisotopic (exact) mass is 230 g/mol. The Hall–Kier alpha value is -1.53. The Kier molecular flexibility index (Phi) is 3.35. The van der Waals surface area contributed by atoms with Gasteiger partial charge in [-0.15, -0.1) is 0 Å². The maximum atomic E-state index is 8.92. The Morgan fingerprint density at radius 2 is 2.29 bits per heavy atom. The highest BCUT2D eigenvalue weighted by Gasteiger charge is 2.30. The molecule has 0 bridgehead atoms. The van der Waals surface area contributed by atoms with Crippen LogP contribution in [0.1, 0.15) is 25.3 Å². The van der Waals surface area contributed by atoms with Crippen LogP contribution in [0.4, 0.5) is 5.69 Å². The molecule has 0 saturated carbocycles. The Morgan fingerprint density at radius 1 is 1.47 bits per heavy atom. The molecule has 1 atom stereocenters. The number of nitrogens with zero attached hydrogens (tertiary/aromatic N) is 2. The minimum absolute atomic E-state index is 0.0686. The fourth-order valence-electron chi connectivity index (χ4n) is 2.36. The number of hydrogen-bond acceptors (Lipinski definition) is 3. The van der Waals surface area contributed by atoms with E-state index in [0.717, 1.165) is 31.6 Å². The molecule has 1 fully saturated rings. The summed E-state index contributed by atoms with van der Waals surface area (Å²) in [6.07, 6.45) is 2.22. The molecule has 3 nitrogen and oxygen atoms in total. The molecule has 1 saturated heterocycles. The lowest BCUT2D eigenvalue weighted by molar-refractivity contribution is -0.00465. The largest absolute Gasteiger partial charge is 0.377 e. The Bertz CT molecular complexity index is 438. The standard InChI is InChI=1S/C14H18N2O/c1-14(17-2)7-4-8-16(11-14)13-6-3-5-12(9-13)10-15/h3,5-6,9H,4,7-8,11H2,1-2H3. The van der Waals surface area contributed by atoms with Crippen LogP contribution in [0.15, 0.2) is 24.3 Å².